The number of hydrogen-bond acceptors (Lipinski definition) is 6. The van der Waals surface area contributed by atoms with Crippen molar-refractivity contribution in [2.24, 2.45) is 0 Å². The van der Waals surface area contributed by atoms with Crippen LogP contribution in [0.15, 0.2) is 42.5 Å². The van der Waals surface area contributed by atoms with Gasteiger partial charge in [-0.2, -0.15) is 0 Å². The summed E-state index contributed by atoms with van der Waals surface area (Å²) in [5.41, 5.74) is 0.932. The van der Waals surface area contributed by atoms with E-state index in [9.17, 15) is 19.7 Å². The van der Waals surface area contributed by atoms with Crippen LogP contribution in [0, 0.1) is 10.1 Å². The van der Waals surface area contributed by atoms with Crippen molar-refractivity contribution < 1.29 is 19.2 Å². The molecule has 1 N–H and O–H groups in total. The van der Waals surface area contributed by atoms with Crippen molar-refractivity contribution in [3.05, 3.63) is 63.0 Å². The first-order valence-corrected chi connectivity index (χ1v) is 7.54. The topological polar surface area (TPSA) is 98.5 Å². The average Bonchev–Trinajstić information content (AvgIpc) is 3.03. The Kier molecular flexibility index (Phi) is 5.42. The van der Waals surface area contributed by atoms with Gasteiger partial charge in [0.1, 0.15) is 4.88 Å². The fourth-order valence-corrected chi connectivity index (χ4v) is 2.56. The van der Waals surface area contributed by atoms with Crippen molar-refractivity contribution in [2.45, 2.75) is 13.0 Å². The van der Waals surface area contributed by atoms with Crippen LogP contribution < -0.4 is 5.32 Å². The van der Waals surface area contributed by atoms with Crippen molar-refractivity contribution >= 4 is 28.2 Å². The molecule has 1 amide bonds. The molecular weight excluding hydrogens is 320 g/mol. The van der Waals surface area contributed by atoms with Crippen LogP contribution in [0.25, 0.3) is 0 Å². The molecule has 2 rings (SSSR count). The minimum absolute atomic E-state index is 0.0839. The number of benzene rings is 1. The van der Waals surface area contributed by atoms with Crippen LogP contribution in [0.4, 0.5) is 5.00 Å². The van der Waals surface area contributed by atoms with Gasteiger partial charge in [-0.15, -0.1) is 0 Å². The van der Waals surface area contributed by atoms with Crippen molar-refractivity contribution in [2.75, 3.05) is 6.61 Å². The summed E-state index contributed by atoms with van der Waals surface area (Å²) < 4.78 is 4.86. The normalized spacial score (nSPS) is 11.5. The van der Waals surface area contributed by atoms with E-state index in [1.54, 1.807) is 0 Å². The minimum Gasteiger partial charge on any atom is -0.451 e. The number of rotatable bonds is 6. The van der Waals surface area contributed by atoms with Gasteiger partial charge in [-0.3, -0.25) is 14.9 Å². The van der Waals surface area contributed by atoms with E-state index >= 15 is 0 Å². The monoisotopic (exact) mass is 334 g/mol. The number of ether oxygens (including phenoxy) is 1. The molecule has 2 aromatic rings. The fourth-order valence-electron chi connectivity index (χ4n) is 1.85. The maximum Gasteiger partial charge on any atom is 0.349 e. The Morgan fingerprint density at radius 2 is 1.96 bits per heavy atom. The predicted octanol–water partition coefficient (Wildman–Crippen LogP) is 2.69. The highest BCUT2D eigenvalue weighted by atomic mass is 32.1. The van der Waals surface area contributed by atoms with Gasteiger partial charge in [-0.05, 0) is 18.6 Å². The van der Waals surface area contributed by atoms with Crippen LogP contribution in [-0.4, -0.2) is 23.4 Å². The molecule has 7 nitrogen and oxygen atoms in total. The molecule has 1 atom stereocenters. The molecule has 0 aliphatic carbocycles. The Hall–Kier alpha value is -2.74. The lowest BCUT2D eigenvalue weighted by Gasteiger charge is -2.14. The van der Waals surface area contributed by atoms with Gasteiger partial charge in [0.2, 0.25) is 0 Å². The van der Waals surface area contributed by atoms with E-state index < -0.39 is 23.4 Å². The van der Waals surface area contributed by atoms with Crippen LogP contribution in [0.5, 0.6) is 0 Å². The van der Waals surface area contributed by atoms with E-state index in [4.69, 9.17) is 4.74 Å². The first kappa shape index (κ1) is 16.6. The largest absolute Gasteiger partial charge is 0.451 e. The van der Waals surface area contributed by atoms with Crippen LogP contribution in [-0.2, 0) is 9.53 Å². The molecule has 1 aromatic heterocycles. The van der Waals surface area contributed by atoms with Gasteiger partial charge in [0.25, 0.3) is 5.91 Å². The molecule has 0 bridgehead atoms. The van der Waals surface area contributed by atoms with E-state index in [1.807, 2.05) is 37.3 Å². The fraction of sp³-hybridized carbons (Fsp3) is 0.200. The van der Waals surface area contributed by atoms with E-state index in [2.05, 4.69) is 5.32 Å². The molecule has 0 aliphatic rings. The highest BCUT2D eigenvalue weighted by Gasteiger charge is 2.18. The van der Waals surface area contributed by atoms with Gasteiger partial charge in [0.05, 0.1) is 11.0 Å². The van der Waals surface area contributed by atoms with Crippen molar-refractivity contribution in [3.63, 3.8) is 0 Å². The number of amides is 1. The van der Waals surface area contributed by atoms with Crippen LogP contribution in [0.3, 0.4) is 0 Å². The molecule has 0 fully saturated rings. The van der Waals surface area contributed by atoms with Gasteiger partial charge >= 0.3 is 11.0 Å². The third kappa shape index (κ3) is 4.62. The third-order valence-electron chi connectivity index (χ3n) is 2.98. The molecule has 0 saturated carbocycles. The van der Waals surface area contributed by atoms with E-state index in [1.165, 1.54) is 12.1 Å². The molecule has 0 unspecified atom stereocenters. The minimum atomic E-state index is -0.759. The quantitative estimate of drug-likeness (QED) is 0.497. The Bertz CT molecular complexity index is 714. The number of nitro groups is 1. The highest BCUT2D eigenvalue weighted by Crippen LogP contribution is 2.24. The summed E-state index contributed by atoms with van der Waals surface area (Å²) in [5.74, 6) is -1.20. The molecule has 23 heavy (non-hydrogen) atoms. The van der Waals surface area contributed by atoms with Crippen LogP contribution in [0.1, 0.15) is 28.2 Å². The summed E-state index contributed by atoms with van der Waals surface area (Å²) in [7, 11) is 0. The summed E-state index contributed by atoms with van der Waals surface area (Å²) in [6, 6.07) is 11.7. The molecule has 120 valence electrons. The number of nitrogens with one attached hydrogen (secondary N) is 1. The summed E-state index contributed by atoms with van der Waals surface area (Å²) in [6.07, 6.45) is 0. The molecule has 1 heterocycles. The highest BCUT2D eigenvalue weighted by molar-refractivity contribution is 7.17. The Morgan fingerprint density at radius 1 is 1.26 bits per heavy atom. The predicted molar refractivity (Wildman–Crippen MR) is 84.3 cm³/mol. The summed E-state index contributed by atoms with van der Waals surface area (Å²) in [6.45, 7) is 1.37. The SMILES string of the molecule is C[C@@H](NC(=O)COC(=O)c1ccc([N+](=O)[O-])s1)c1ccccc1. The Labute approximate surface area is 136 Å². The Balaban J connectivity index is 1.84. The standard InChI is InChI=1S/C15H14N2O5S/c1-10(11-5-3-2-4-6-11)16-13(18)9-22-15(19)12-7-8-14(23-12)17(20)21/h2-8,10H,9H2,1H3,(H,16,18)/t10-/m1/s1. The average molecular weight is 334 g/mol. The van der Waals surface area contributed by atoms with Gasteiger partial charge in [0.15, 0.2) is 6.61 Å². The smallest absolute Gasteiger partial charge is 0.349 e. The van der Waals surface area contributed by atoms with Gasteiger partial charge in [-0.25, -0.2) is 4.79 Å². The second kappa shape index (κ2) is 7.50. The second-order valence-corrected chi connectivity index (χ2v) is 5.73. The van der Waals surface area contributed by atoms with Crippen molar-refractivity contribution in [1.82, 2.24) is 5.32 Å². The second-order valence-electron chi connectivity index (χ2n) is 4.67. The zero-order valence-electron chi connectivity index (χ0n) is 12.2. The van der Waals surface area contributed by atoms with Gasteiger partial charge < -0.3 is 10.1 Å². The van der Waals surface area contributed by atoms with Crippen molar-refractivity contribution in [1.29, 1.82) is 0 Å². The van der Waals surface area contributed by atoms with Gasteiger partial charge in [-0.1, -0.05) is 41.7 Å². The first-order valence-electron chi connectivity index (χ1n) is 6.73. The summed E-state index contributed by atoms with van der Waals surface area (Å²) in [4.78, 5) is 33.6. The van der Waals surface area contributed by atoms with Gasteiger partial charge in [0, 0.05) is 6.07 Å². The van der Waals surface area contributed by atoms with Crippen LogP contribution in [0.2, 0.25) is 0 Å². The lowest BCUT2D eigenvalue weighted by molar-refractivity contribution is -0.380. The van der Waals surface area contributed by atoms with E-state index in [0.29, 0.717) is 11.3 Å². The molecule has 0 spiro atoms. The van der Waals surface area contributed by atoms with Crippen LogP contribution >= 0.6 is 11.3 Å². The molecule has 0 radical (unpaired) electrons. The lowest BCUT2D eigenvalue weighted by atomic mass is 10.1. The Morgan fingerprint density at radius 3 is 2.57 bits per heavy atom. The maximum atomic E-state index is 11.8. The summed E-state index contributed by atoms with van der Waals surface area (Å²) in [5, 5.41) is 13.1. The molecule has 1 aromatic carbocycles. The maximum absolute atomic E-state index is 11.8. The van der Waals surface area contributed by atoms with E-state index in [-0.39, 0.29) is 15.9 Å². The number of carbonyl (C=O) groups excluding carboxylic acids is 2. The lowest BCUT2D eigenvalue weighted by Crippen LogP contribution is -2.31. The first-order chi connectivity index (χ1) is 11.0. The third-order valence-corrected chi connectivity index (χ3v) is 4.00. The van der Waals surface area contributed by atoms with Crippen molar-refractivity contribution in [3.8, 4) is 0 Å². The zero-order valence-corrected chi connectivity index (χ0v) is 13.0. The number of nitrogens with zero attached hydrogens (tertiary/aromatic N) is 1. The van der Waals surface area contributed by atoms with E-state index in [0.717, 1.165) is 5.56 Å². The molecular formula is C15H14N2O5S. The number of carbonyl (C=O) groups is 2. The molecule has 0 aliphatic heterocycles. The molecule has 0 saturated heterocycles. The number of thiophene rings is 1. The summed E-state index contributed by atoms with van der Waals surface area (Å²) >= 11 is 0.706. The number of esters is 1. The number of hydrogen-bond donors (Lipinski definition) is 1. The molecule has 8 heteroatoms. The zero-order chi connectivity index (χ0) is 16.8.